The van der Waals surface area contributed by atoms with Gasteiger partial charge in [0.05, 0.1) is 54.5 Å². The zero-order valence-electron chi connectivity index (χ0n) is 21.1. The molecular weight excluding hydrogens is 568 g/mol. The van der Waals surface area contributed by atoms with Crippen molar-refractivity contribution < 1.29 is 9.13 Å². The number of aryl methyl sites for hydroxylation is 2. The van der Waals surface area contributed by atoms with Gasteiger partial charge >= 0.3 is 0 Å². The van der Waals surface area contributed by atoms with Crippen molar-refractivity contribution >= 4 is 45.9 Å². The molecule has 6 rings (SSSR count). The molecule has 0 bridgehead atoms. The molecule has 0 spiro atoms. The Kier molecular flexibility index (Phi) is 6.95. The Balaban J connectivity index is 1.73. The fourth-order valence-corrected chi connectivity index (χ4v) is 10.0. The van der Waals surface area contributed by atoms with Gasteiger partial charge in [-0.05, 0) is 60.0 Å². The van der Waals surface area contributed by atoms with Crippen molar-refractivity contribution in [3.63, 3.8) is 0 Å². The fraction of sp³-hybridized carbons (Fsp3) is 0.370. The lowest BCUT2D eigenvalue weighted by atomic mass is 10.2. The van der Waals surface area contributed by atoms with Crippen LogP contribution in [-0.2, 0) is 11.3 Å². The number of hydrogen-bond acceptors (Lipinski definition) is 5. The van der Waals surface area contributed by atoms with Crippen LogP contribution >= 0.6 is 23.3 Å². The van der Waals surface area contributed by atoms with Gasteiger partial charge < -0.3 is 9.41 Å². The van der Waals surface area contributed by atoms with Gasteiger partial charge in [0.1, 0.15) is 11.7 Å². The molecule has 196 valence electrons. The van der Waals surface area contributed by atoms with Crippen molar-refractivity contribution in [1.82, 2.24) is 19.1 Å². The molecular formula is C27H28BrFN7OP. The van der Waals surface area contributed by atoms with Crippen LogP contribution in [0.3, 0.4) is 0 Å². The molecule has 3 heterocycles. The topological polar surface area (TPSA) is 82.0 Å². The van der Waals surface area contributed by atoms with E-state index in [0.717, 1.165) is 34.0 Å². The van der Waals surface area contributed by atoms with Gasteiger partial charge in [-0.25, -0.2) is 23.5 Å². The number of morpholine rings is 1. The monoisotopic (exact) mass is 595 g/mol. The van der Waals surface area contributed by atoms with E-state index in [9.17, 15) is 5.26 Å². The van der Waals surface area contributed by atoms with Crippen molar-refractivity contribution in [1.29, 1.82) is 5.26 Å². The minimum atomic E-state index is -2.78. The van der Waals surface area contributed by atoms with Crippen molar-refractivity contribution in [3.8, 4) is 6.07 Å². The van der Waals surface area contributed by atoms with Crippen molar-refractivity contribution in [2.45, 2.75) is 38.8 Å². The highest BCUT2D eigenvalue weighted by Crippen LogP contribution is 2.65. The maximum Gasteiger partial charge on any atom is 0.165 e. The second-order valence-electron chi connectivity index (χ2n) is 9.57. The zero-order valence-corrected chi connectivity index (χ0v) is 23.6. The van der Waals surface area contributed by atoms with E-state index in [-0.39, 0.29) is 11.9 Å². The Hall–Kier alpha value is -2.83. The van der Waals surface area contributed by atoms with E-state index in [2.05, 4.69) is 31.3 Å². The average Bonchev–Trinajstić information content (AvgIpc) is 3.72. The summed E-state index contributed by atoms with van der Waals surface area (Å²) >= 11 is 3.73. The molecule has 0 N–H and O–H groups in total. The molecule has 38 heavy (non-hydrogen) atoms. The first-order valence-corrected chi connectivity index (χ1v) is 15.3. The molecule has 1 unspecified atom stereocenters. The molecule has 1 atom stereocenters. The predicted molar refractivity (Wildman–Crippen MR) is 150 cm³/mol. The number of aliphatic imine (C=N–C) groups is 1. The maximum atomic E-state index is 15.5. The van der Waals surface area contributed by atoms with Crippen LogP contribution in [0.15, 0.2) is 62.7 Å². The summed E-state index contributed by atoms with van der Waals surface area (Å²) in [5.41, 5.74) is 2.13. The number of nitriles is 1. The van der Waals surface area contributed by atoms with Crippen LogP contribution in [0.25, 0.3) is 0 Å². The van der Waals surface area contributed by atoms with Crippen molar-refractivity contribution in [2.75, 3.05) is 26.3 Å². The number of rotatable bonds is 6. The lowest BCUT2D eigenvalue weighted by Crippen LogP contribution is -2.48. The number of nitrogens with zero attached hydrogens (tertiary/aromatic N) is 7. The summed E-state index contributed by atoms with van der Waals surface area (Å²) in [4.78, 5) is 5.14. The number of fused-ring (bicyclic) bond motifs is 1. The molecule has 0 amide bonds. The van der Waals surface area contributed by atoms with Gasteiger partial charge in [0, 0.05) is 23.6 Å². The van der Waals surface area contributed by atoms with E-state index in [1.54, 1.807) is 12.1 Å². The second kappa shape index (κ2) is 10.4. The van der Waals surface area contributed by atoms with Crippen LogP contribution in [0.5, 0.6) is 0 Å². The standard InChI is InChI=1S/C27H28BrFN7OP/c1-19-25-27(35(32-19)14-6-13-30)31-26(21-7-2-4-9-23(21)29)36(20-11-12-20)38(25,34-15-17-37-18-16-34)33-24-10-5-3-8-22(24)28/h2-5,7-10,20H,6,11-12,14-18H2,1H3. The molecule has 2 aromatic carbocycles. The largest absolute Gasteiger partial charge is 0.379 e. The second-order valence-corrected chi connectivity index (χ2v) is 13.2. The van der Waals surface area contributed by atoms with E-state index in [4.69, 9.17) is 19.6 Å². The smallest absolute Gasteiger partial charge is 0.165 e. The third-order valence-electron chi connectivity index (χ3n) is 7.02. The minimum Gasteiger partial charge on any atom is -0.379 e. The first-order chi connectivity index (χ1) is 18.5. The lowest BCUT2D eigenvalue weighted by Gasteiger charge is -2.48. The van der Waals surface area contributed by atoms with E-state index in [1.807, 2.05) is 41.9 Å². The van der Waals surface area contributed by atoms with Crippen molar-refractivity contribution in [3.05, 3.63) is 70.1 Å². The molecule has 1 saturated carbocycles. The van der Waals surface area contributed by atoms with Crippen molar-refractivity contribution in [2.24, 2.45) is 9.74 Å². The van der Waals surface area contributed by atoms with Crippen LogP contribution in [0, 0.1) is 24.1 Å². The number of halogens is 2. The van der Waals surface area contributed by atoms with Gasteiger partial charge in [0.25, 0.3) is 0 Å². The average molecular weight is 596 g/mol. The van der Waals surface area contributed by atoms with E-state index in [1.165, 1.54) is 6.07 Å². The molecule has 3 aromatic rings. The normalized spacial score (nSPS) is 21.5. The number of ether oxygens (including phenoxy) is 1. The highest BCUT2D eigenvalue weighted by atomic mass is 79.9. The van der Waals surface area contributed by atoms with E-state index >= 15 is 4.39 Å². The van der Waals surface area contributed by atoms with E-state index < -0.39 is 7.36 Å². The highest BCUT2D eigenvalue weighted by molar-refractivity contribution is 9.10. The molecule has 1 saturated heterocycles. The third-order valence-corrected chi connectivity index (χ3v) is 11.6. The van der Waals surface area contributed by atoms with E-state index in [0.29, 0.717) is 56.5 Å². The summed E-state index contributed by atoms with van der Waals surface area (Å²) in [6.45, 7) is 4.97. The van der Waals surface area contributed by atoms with Crippen LogP contribution < -0.4 is 5.30 Å². The molecule has 3 aliphatic rings. The molecule has 1 aliphatic carbocycles. The fourth-order valence-electron chi connectivity index (χ4n) is 5.23. The van der Waals surface area contributed by atoms with Gasteiger partial charge in [-0.2, -0.15) is 10.4 Å². The summed E-state index contributed by atoms with van der Waals surface area (Å²) in [5.74, 6) is 0.941. The number of hydrogen-bond donors (Lipinski definition) is 0. The highest BCUT2D eigenvalue weighted by Gasteiger charge is 2.52. The summed E-state index contributed by atoms with van der Waals surface area (Å²) in [5, 5.41) is 15.2. The predicted octanol–water partition coefficient (Wildman–Crippen LogP) is 5.88. The van der Waals surface area contributed by atoms with Gasteiger partial charge in [-0.15, -0.1) is 0 Å². The first kappa shape index (κ1) is 25.4. The summed E-state index contributed by atoms with van der Waals surface area (Å²) in [6, 6.07) is 17.2. The SMILES string of the molecule is Cc1nn(CCC#N)c2c1P(=Nc1ccccc1Br)(N1CCOCC1)N(C1CC1)C(c1ccccc1F)=N2. The Morgan fingerprint density at radius 3 is 2.61 bits per heavy atom. The Morgan fingerprint density at radius 2 is 1.89 bits per heavy atom. The van der Waals surface area contributed by atoms with Gasteiger partial charge in [-0.1, -0.05) is 24.3 Å². The molecule has 0 radical (unpaired) electrons. The van der Waals surface area contributed by atoms with Crippen LogP contribution in [0.1, 0.15) is 30.5 Å². The summed E-state index contributed by atoms with van der Waals surface area (Å²) < 4.78 is 34.4. The number of benzene rings is 2. The molecule has 2 aliphatic heterocycles. The van der Waals surface area contributed by atoms with Gasteiger partial charge in [-0.3, -0.25) is 0 Å². The van der Waals surface area contributed by atoms with Crippen LogP contribution in [0.4, 0.5) is 15.9 Å². The third kappa shape index (κ3) is 4.32. The Labute approximate surface area is 230 Å². The summed E-state index contributed by atoms with van der Waals surface area (Å²) in [6.07, 6.45) is 2.28. The van der Waals surface area contributed by atoms with Crippen LogP contribution in [-0.4, -0.2) is 57.3 Å². The molecule has 1 aromatic heterocycles. The van der Waals surface area contributed by atoms with Gasteiger partial charge in [0.2, 0.25) is 0 Å². The lowest BCUT2D eigenvalue weighted by molar-refractivity contribution is 0.0729. The summed E-state index contributed by atoms with van der Waals surface area (Å²) in [7, 11) is -2.78. The molecule has 8 nitrogen and oxygen atoms in total. The Morgan fingerprint density at radius 1 is 1.16 bits per heavy atom. The van der Waals surface area contributed by atoms with Crippen LogP contribution in [0.2, 0.25) is 0 Å². The Bertz CT molecular complexity index is 1500. The molecule has 2 fully saturated rings. The number of aromatic nitrogens is 2. The van der Waals surface area contributed by atoms with Gasteiger partial charge in [0.15, 0.2) is 13.2 Å². The zero-order chi connectivity index (χ0) is 26.3. The maximum absolute atomic E-state index is 15.5. The quantitative estimate of drug-likeness (QED) is 0.332. The first-order valence-electron chi connectivity index (χ1n) is 12.8. The minimum absolute atomic E-state index is 0.186. The molecule has 11 heteroatoms. The number of amidine groups is 1.